The Morgan fingerprint density at radius 3 is 3.33 bits per heavy atom. The van der Waals surface area contributed by atoms with Gasteiger partial charge in [-0.05, 0) is 6.08 Å². The SMILES string of the molecule is C1=CC2N=NC=C2N=C1. The van der Waals surface area contributed by atoms with Crippen molar-refractivity contribution in [3.63, 3.8) is 0 Å². The maximum atomic E-state index is 4.05. The number of aliphatic imine (C=N–C) groups is 1. The average molecular weight is 119 g/mol. The van der Waals surface area contributed by atoms with Gasteiger partial charge in [0.05, 0.1) is 11.9 Å². The number of nitrogens with zero attached hydrogens (tertiary/aromatic N) is 3. The van der Waals surface area contributed by atoms with Gasteiger partial charge in [0.1, 0.15) is 6.04 Å². The molecule has 0 aromatic rings. The molecule has 1 unspecified atom stereocenters. The lowest BCUT2D eigenvalue weighted by Crippen LogP contribution is -2.01. The third-order valence-corrected chi connectivity index (χ3v) is 1.29. The van der Waals surface area contributed by atoms with E-state index in [1.807, 2.05) is 12.2 Å². The van der Waals surface area contributed by atoms with Gasteiger partial charge in [0, 0.05) is 6.21 Å². The lowest BCUT2D eigenvalue weighted by Gasteiger charge is -2.02. The topological polar surface area (TPSA) is 37.1 Å². The molecule has 0 fully saturated rings. The average Bonchev–Trinajstić information content (AvgIpc) is 2.33. The molecule has 0 saturated carbocycles. The highest BCUT2D eigenvalue weighted by Gasteiger charge is 2.14. The lowest BCUT2D eigenvalue weighted by atomic mass is 10.2. The van der Waals surface area contributed by atoms with Gasteiger partial charge in [-0.3, -0.25) is 4.99 Å². The van der Waals surface area contributed by atoms with Crippen LogP contribution in [0.2, 0.25) is 0 Å². The standard InChI is InChI=1S/C6H5N3/c1-2-5-6(7-3-1)4-8-9-5/h1-5H. The molecule has 2 rings (SSSR count). The van der Waals surface area contributed by atoms with E-state index in [0.717, 1.165) is 5.70 Å². The minimum Gasteiger partial charge on any atom is -0.257 e. The molecule has 2 aliphatic heterocycles. The first-order valence-corrected chi connectivity index (χ1v) is 2.78. The smallest absolute Gasteiger partial charge is 0.133 e. The first-order chi connectivity index (χ1) is 4.47. The molecular formula is C6H5N3. The summed E-state index contributed by atoms with van der Waals surface area (Å²) >= 11 is 0. The molecule has 2 heterocycles. The fourth-order valence-electron chi connectivity index (χ4n) is 0.831. The Hall–Kier alpha value is -1.25. The van der Waals surface area contributed by atoms with Crippen LogP contribution in [0.5, 0.6) is 0 Å². The third kappa shape index (κ3) is 0.614. The van der Waals surface area contributed by atoms with Crippen LogP contribution in [0.1, 0.15) is 0 Å². The van der Waals surface area contributed by atoms with Crippen molar-refractivity contribution in [3.8, 4) is 0 Å². The molecule has 1 atom stereocenters. The van der Waals surface area contributed by atoms with Gasteiger partial charge in [-0.15, -0.1) is 0 Å². The van der Waals surface area contributed by atoms with E-state index in [4.69, 9.17) is 0 Å². The number of hydrogen-bond donors (Lipinski definition) is 0. The molecule has 0 bridgehead atoms. The van der Waals surface area contributed by atoms with Crippen molar-refractivity contribution in [1.29, 1.82) is 0 Å². The fourth-order valence-corrected chi connectivity index (χ4v) is 0.831. The zero-order chi connectivity index (χ0) is 6.10. The Morgan fingerprint density at radius 2 is 2.44 bits per heavy atom. The van der Waals surface area contributed by atoms with Crippen LogP contribution in [-0.2, 0) is 0 Å². The molecule has 0 aliphatic carbocycles. The van der Waals surface area contributed by atoms with Crippen molar-refractivity contribution in [3.05, 3.63) is 24.0 Å². The van der Waals surface area contributed by atoms with Gasteiger partial charge in [-0.1, -0.05) is 6.08 Å². The van der Waals surface area contributed by atoms with E-state index in [-0.39, 0.29) is 6.04 Å². The minimum atomic E-state index is 0.106. The van der Waals surface area contributed by atoms with E-state index in [0.29, 0.717) is 0 Å². The van der Waals surface area contributed by atoms with Gasteiger partial charge < -0.3 is 0 Å². The number of rotatable bonds is 0. The summed E-state index contributed by atoms with van der Waals surface area (Å²) in [4.78, 5) is 4.05. The van der Waals surface area contributed by atoms with Crippen LogP contribution < -0.4 is 0 Å². The second kappa shape index (κ2) is 1.62. The molecule has 0 aromatic heterocycles. The summed E-state index contributed by atoms with van der Waals surface area (Å²) in [5.74, 6) is 0. The van der Waals surface area contributed by atoms with E-state index in [2.05, 4.69) is 15.2 Å². The number of allylic oxidation sites excluding steroid dienone is 1. The maximum absolute atomic E-state index is 4.05. The van der Waals surface area contributed by atoms with Crippen LogP contribution in [0.25, 0.3) is 0 Å². The predicted octanol–water partition coefficient (Wildman–Crippen LogP) is 1.30. The first kappa shape index (κ1) is 4.61. The van der Waals surface area contributed by atoms with E-state index in [1.54, 1.807) is 12.4 Å². The van der Waals surface area contributed by atoms with Crippen molar-refractivity contribution < 1.29 is 0 Å². The molecule has 2 aliphatic rings. The highest BCUT2D eigenvalue weighted by molar-refractivity contribution is 5.74. The molecule has 3 nitrogen and oxygen atoms in total. The van der Waals surface area contributed by atoms with Gasteiger partial charge in [0.25, 0.3) is 0 Å². The summed E-state index contributed by atoms with van der Waals surface area (Å²) < 4.78 is 0. The largest absolute Gasteiger partial charge is 0.257 e. The van der Waals surface area contributed by atoms with Crippen molar-refractivity contribution in [2.45, 2.75) is 6.04 Å². The summed E-state index contributed by atoms with van der Waals surface area (Å²) in [6.45, 7) is 0. The van der Waals surface area contributed by atoms with Crippen molar-refractivity contribution in [1.82, 2.24) is 0 Å². The van der Waals surface area contributed by atoms with Crippen LogP contribution >= 0.6 is 0 Å². The van der Waals surface area contributed by atoms with Crippen LogP contribution in [0.4, 0.5) is 0 Å². The van der Waals surface area contributed by atoms with E-state index in [1.165, 1.54) is 0 Å². The minimum absolute atomic E-state index is 0.106. The third-order valence-electron chi connectivity index (χ3n) is 1.29. The van der Waals surface area contributed by atoms with Gasteiger partial charge in [-0.2, -0.15) is 10.2 Å². The molecular weight excluding hydrogens is 114 g/mol. The molecule has 0 N–H and O–H groups in total. The highest BCUT2D eigenvalue weighted by Crippen LogP contribution is 2.18. The monoisotopic (exact) mass is 119 g/mol. The number of azo groups is 1. The summed E-state index contributed by atoms with van der Waals surface area (Å²) in [5, 5.41) is 7.62. The normalized spacial score (nSPS) is 28.4. The lowest BCUT2D eigenvalue weighted by molar-refractivity contribution is 0.916. The van der Waals surface area contributed by atoms with Crippen LogP contribution in [-0.4, -0.2) is 12.3 Å². The number of fused-ring (bicyclic) bond motifs is 1. The molecule has 9 heavy (non-hydrogen) atoms. The summed E-state index contributed by atoms with van der Waals surface area (Å²) in [6.07, 6.45) is 7.28. The Morgan fingerprint density at radius 1 is 1.44 bits per heavy atom. The summed E-state index contributed by atoms with van der Waals surface area (Å²) in [6, 6.07) is 0.106. The molecule has 0 spiro atoms. The Balaban J connectivity index is 2.40. The Bertz CT molecular complexity index is 235. The second-order valence-electron chi connectivity index (χ2n) is 1.89. The van der Waals surface area contributed by atoms with Crippen LogP contribution in [0.3, 0.4) is 0 Å². The zero-order valence-corrected chi connectivity index (χ0v) is 4.73. The molecule has 0 radical (unpaired) electrons. The predicted molar refractivity (Wildman–Crippen MR) is 34.4 cm³/mol. The van der Waals surface area contributed by atoms with Gasteiger partial charge in [0.2, 0.25) is 0 Å². The van der Waals surface area contributed by atoms with Gasteiger partial charge >= 0.3 is 0 Å². The Kier molecular flexibility index (Phi) is 0.828. The molecule has 0 saturated heterocycles. The van der Waals surface area contributed by atoms with Crippen molar-refractivity contribution in [2.75, 3.05) is 0 Å². The molecule has 3 heteroatoms. The number of hydrogen-bond acceptors (Lipinski definition) is 3. The fraction of sp³-hybridized carbons (Fsp3) is 0.167. The van der Waals surface area contributed by atoms with E-state index >= 15 is 0 Å². The zero-order valence-electron chi connectivity index (χ0n) is 4.73. The van der Waals surface area contributed by atoms with Gasteiger partial charge in [0.15, 0.2) is 0 Å². The van der Waals surface area contributed by atoms with E-state index < -0.39 is 0 Å². The molecule has 0 amide bonds. The van der Waals surface area contributed by atoms with Crippen LogP contribution in [0, 0.1) is 0 Å². The molecule has 44 valence electrons. The first-order valence-electron chi connectivity index (χ1n) is 2.78. The quantitative estimate of drug-likeness (QED) is 0.461. The second-order valence-corrected chi connectivity index (χ2v) is 1.89. The van der Waals surface area contributed by atoms with Crippen LogP contribution in [0.15, 0.2) is 39.3 Å². The van der Waals surface area contributed by atoms with Crippen molar-refractivity contribution in [2.24, 2.45) is 15.2 Å². The maximum Gasteiger partial charge on any atom is 0.133 e. The Labute approximate surface area is 52.5 Å². The molecule has 0 aromatic carbocycles. The van der Waals surface area contributed by atoms with Crippen molar-refractivity contribution >= 4 is 6.21 Å². The summed E-state index contributed by atoms with van der Waals surface area (Å²) in [5.41, 5.74) is 0.942. The number of dihydropyridines is 1. The highest BCUT2D eigenvalue weighted by atomic mass is 15.2. The van der Waals surface area contributed by atoms with Gasteiger partial charge in [-0.25, -0.2) is 0 Å². The van der Waals surface area contributed by atoms with E-state index in [9.17, 15) is 0 Å². The summed E-state index contributed by atoms with van der Waals surface area (Å²) in [7, 11) is 0.